The zero-order chi connectivity index (χ0) is 16.7. The molecule has 6 heteroatoms. The van der Waals surface area contributed by atoms with E-state index in [-0.39, 0.29) is 16.4 Å². The van der Waals surface area contributed by atoms with Crippen LogP contribution in [0.2, 0.25) is 5.02 Å². The van der Waals surface area contributed by atoms with Gasteiger partial charge in [-0.15, -0.1) is 6.58 Å². The van der Waals surface area contributed by atoms with Crippen molar-refractivity contribution in [2.45, 2.75) is 27.2 Å². The zero-order valence-corrected chi connectivity index (χ0v) is 13.5. The molecule has 0 fully saturated rings. The summed E-state index contributed by atoms with van der Waals surface area (Å²) >= 11 is 5.48. The van der Waals surface area contributed by atoms with Gasteiger partial charge in [-0.25, -0.2) is 9.37 Å². The monoisotopic (exact) mass is 325 g/mol. The number of aromatic nitrogens is 3. The number of rotatable bonds is 3. The molecule has 0 saturated heterocycles. The lowest BCUT2D eigenvalue weighted by atomic mass is 10.1. The molecule has 0 aliphatic heterocycles. The van der Waals surface area contributed by atoms with Crippen LogP contribution in [0.15, 0.2) is 24.8 Å². The molecule has 0 aromatic carbocycles. The van der Waals surface area contributed by atoms with Crippen LogP contribution in [0.3, 0.4) is 0 Å². The Labute approximate surface area is 133 Å². The molecule has 0 bridgehead atoms. The Hall–Kier alpha value is -2.01. The predicted octanol–water partition coefficient (Wildman–Crippen LogP) is 5.33. The second-order valence-corrected chi connectivity index (χ2v) is 4.83. The molecule has 0 radical (unpaired) electrons. The van der Waals surface area contributed by atoms with E-state index in [1.807, 2.05) is 26.0 Å². The van der Waals surface area contributed by atoms with Crippen LogP contribution in [0.25, 0.3) is 17.5 Å². The van der Waals surface area contributed by atoms with E-state index in [2.05, 4.69) is 21.8 Å². The molecular formula is C16H18ClF2N3. The highest BCUT2D eigenvalue weighted by Crippen LogP contribution is 2.28. The minimum absolute atomic E-state index is 0.151. The summed E-state index contributed by atoms with van der Waals surface area (Å²) in [5, 5.41) is 6.38. The molecule has 2 aromatic heterocycles. The largest absolute Gasteiger partial charge is 0.282 e. The lowest BCUT2D eigenvalue weighted by Crippen LogP contribution is -1.96. The number of aryl methyl sites for hydroxylation is 1. The molecule has 0 aliphatic carbocycles. The highest BCUT2D eigenvalue weighted by Gasteiger charge is 2.18. The highest BCUT2D eigenvalue weighted by atomic mass is 35.5. The third-order valence-electron chi connectivity index (χ3n) is 2.63. The number of aromatic amines is 1. The topological polar surface area (TPSA) is 41.6 Å². The van der Waals surface area contributed by atoms with E-state index < -0.39 is 11.8 Å². The molecule has 0 aliphatic rings. The Balaban J connectivity index is 0.000000745. The summed E-state index contributed by atoms with van der Waals surface area (Å²) in [6.45, 7) is 9.03. The quantitative estimate of drug-likeness (QED) is 0.612. The van der Waals surface area contributed by atoms with Crippen LogP contribution < -0.4 is 0 Å². The van der Waals surface area contributed by atoms with Crippen molar-refractivity contribution in [3.63, 3.8) is 0 Å². The predicted molar refractivity (Wildman–Crippen MR) is 86.7 cm³/mol. The van der Waals surface area contributed by atoms with E-state index in [4.69, 9.17) is 11.6 Å². The van der Waals surface area contributed by atoms with E-state index in [9.17, 15) is 8.78 Å². The summed E-state index contributed by atoms with van der Waals surface area (Å²) < 4.78 is 27.2. The van der Waals surface area contributed by atoms with Gasteiger partial charge in [-0.2, -0.15) is 9.49 Å². The van der Waals surface area contributed by atoms with Crippen LogP contribution in [-0.2, 0) is 0 Å². The molecule has 0 spiro atoms. The maximum atomic E-state index is 13.8. The van der Waals surface area contributed by atoms with E-state index >= 15 is 0 Å². The molecule has 2 aromatic rings. The Morgan fingerprint density at radius 3 is 2.59 bits per heavy atom. The number of nitrogens with zero attached hydrogens (tertiary/aromatic N) is 2. The van der Waals surface area contributed by atoms with Crippen LogP contribution in [-0.4, -0.2) is 15.2 Å². The van der Waals surface area contributed by atoms with Crippen LogP contribution >= 0.6 is 11.6 Å². The smallest absolute Gasteiger partial charge is 0.232 e. The van der Waals surface area contributed by atoms with Gasteiger partial charge in [-0.1, -0.05) is 36.8 Å². The fourth-order valence-electron chi connectivity index (χ4n) is 1.67. The number of nitrogens with one attached hydrogen (secondary N) is 1. The van der Waals surface area contributed by atoms with E-state index in [1.54, 1.807) is 13.0 Å². The van der Waals surface area contributed by atoms with Gasteiger partial charge in [-0.3, -0.25) is 5.10 Å². The Kier molecular flexibility index (Phi) is 6.92. The molecule has 0 saturated carbocycles. The first kappa shape index (κ1) is 18.0. The third-order valence-corrected chi connectivity index (χ3v) is 2.89. The minimum Gasteiger partial charge on any atom is -0.282 e. The maximum absolute atomic E-state index is 13.8. The number of halogens is 3. The SMILES string of the molecule is C=CC.CC/C=C\c1c(-c2nc(F)c(Cl)cc2F)n[nH]c1C. The molecule has 1 N–H and O–H groups in total. The average molecular weight is 326 g/mol. The molecule has 2 heterocycles. The maximum Gasteiger partial charge on any atom is 0.232 e. The number of pyridine rings is 1. The van der Waals surface area contributed by atoms with E-state index in [0.29, 0.717) is 5.56 Å². The van der Waals surface area contributed by atoms with Crippen molar-refractivity contribution in [1.29, 1.82) is 0 Å². The van der Waals surface area contributed by atoms with Crippen molar-refractivity contribution in [2.24, 2.45) is 0 Å². The number of allylic oxidation sites excluding steroid dienone is 2. The summed E-state index contributed by atoms with van der Waals surface area (Å²) in [7, 11) is 0. The first-order valence-corrected chi connectivity index (χ1v) is 7.14. The molecule has 118 valence electrons. The molecule has 0 unspecified atom stereocenters. The fourth-order valence-corrected chi connectivity index (χ4v) is 1.81. The van der Waals surface area contributed by atoms with Crippen LogP contribution in [0.4, 0.5) is 8.78 Å². The second-order valence-electron chi connectivity index (χ2n) is 4.42. The van der Waals surface area contributed by atoms with Crippen molar-refractivity contribution in [1.82, 2.24) is 15.2 Å². The molecule has 0 amide bonds. The number of hydrogen-bond acceptors (Lipinski definition) is 2. The Morgan fingerprint density at radius 2 is 2.00 bits per heavy atom. The summed E-state index contributed by atoms with van der Waals surface area (Å²) in [6, 6.07) is 0.899. The van der Waals surface area contributed by atoms with Gasteiger partial charge in [0.2, 0.25) is 5.95 Å². The van der Waals surface area contributed by atoms with Crippen LogP contribution in [0.5, 0.6) is 0 Å². The van der Waals surface area contributed by atoms with Gasteiger partial charge in [-0.05, 0) is 26.3 Å². The van der Waals surface area contributed by atoms with E-state index in [1.165, 1.54) is 0 Å². The van der Waals surface area contributed by atoms with Crippen molar-refractivity contribution in [3.8, 4) is 11.4 Å². The van der Waals surface area contributed by atoms with Gasteiger partial charge >= 0.3 is 0 Å². The van der Waals surface area contributed by atoms with Gasteiger partial charge in [0.15, 0.2) is 5.82 Å². The molecule has 2 rings (SSSR count). The average Bonchev–Trinajstić information content (AvgIpc) is 2.82. The van der Waals surface area contributed by atoms with Crippen molar-refractivity contribution in [3.05, 3.63) is 52.8 Å². The highest BCUT2D eigenvalue weighted by molar-refractivity contribution is 6.30. The van der Waals surface area contributed by atoms with E-state index in [0.717, 1.165) is 18.2 Å². The normalized spacial score (nSPS) is 10.5. The van der Waals surface area contributed by atoms with Gasteiger partial charge in [0.05, 0.1) is 5.02 Å². The summed E-state index contributed by atoms with van der Waals surface area (Å²) in [5.74, 6) is -1.62. The number of H-pyrrole nitrogens is 1. The first-order valence-electron chi connectivity index (χ1n) is 6.76. The third kappa shape index (κ3) is 4.24. The van der Waals surface area contributed by atoms with Crippen LogP contribution in [0.1, 0.15) is 31.5 Å². The standard InChI is InChI=1S/C13H12ClF2N3.C3H6/c1-3-4-5-8-7(2)18-19-11(8)12-10(15)6-9(14)13(16)17-12;1-3-2/h4-6H,3H2,1-2H3,(H,18,19);3H,1H2,2H3/b5-4-;. The Morgan fingerprint density at radius 1 is 1.36 bits per heavy atom. The lowest BCUT2D eigenvalue weighted by molar-refractivity contribution is 0.564. The fraction of sp³-hybridized carbons (Fsp3) is 0.250. The van der Waals surface area contributed by atoms with Crippen molar-refractivity contribution >= 4 is 17.7 Å². The molecule has 22 heavy (non-hydrogen) atoms. The van der Waals surface area contributed by atoms with Gasteiger partial charge in [0, 0.05) is 11.3 Å². The molecule has 3 nitrogen and oxygen atoms in total. The second kappa shape index (κ2) is 8.44. The lowest BCUT2D eigenvalue weighted by Gasteiger charge is -2.02. The van der Waals surface area contributed by atoms with Crippen LogP contribution in [0, 0.1) is 18.7 Å². The van der Waals surface area contributed by atoms with Gasteiger partial charge < -0.3 is 0 Å². The van der Waals surface area contributed by atoms with Crippen molar-refractivity contribution < 1.29 is 8.78 Å². The Bertz CT molecular complexity index is 678. The van der Waals surface area contributed by atoms with Crippen molar-refractivity contribution in [2.75, 3.05) is 0 Å². The molecular weight excluding hydrogens is 308 g/mol. The summed E-state index contributed by atoms with van der Waals surface area (Å²) in [6.07, 6.45) is 6.29. The van der Waals surface area contributed by atoms with Gasteiger partial charge in [0.1, 0.15) is 11.4 Å². The first-order chi connectivity index (χ1) is 10.5. The minimum atomic E-state index is -0.913. The zero-order valence-electron chi connectivity index (χ0n) is 12.8. The molecule has 0 atom stereocenters. The summed E-state index contributed by atoms with van der Waals surface area (Å²) in [5.41, 5.74) is 1.57. The number of hydrogen-bond donors (Lipinski definition) is 1. The summed E-state index contributed by atoms with van der Waals surface area (Å²) in [4.78, 5) is 3.53. The van der Waals surface area contributed by atoms with Gasteiger partial charge in [0.25, 0.3) is 0 Å².